The molecular formula is C13H14O6S3. The number of rotatable bonds is 3. The molecule has 2 rings (SSSR count). The molecule has 0 unspecified atom stereocenters. The van der Waals surface area contributed by atoms with Crippen LogP contribution in [0.4, 0.5) is 0 Å². The zero-order valence-corrected chi connectivity index (χ0v) is 14.5. The van der Waals surface area contributed by atoms with Crippen LogP contribution in [-0.4, -0.2) is 44.0 Å². The summed E-state index contributed by atoms with van der Waals surface area (Å²) in [7, 11) is -12.0. The maximum atomic E-state index is 12.1. The molecule has 6 nitrogen and oxygen atoms in total. The Bertz CT molecular complexity index is 1080. The molecule has 0 radical (unpaired) electrons. The van der Waals surface area contributed by atoms with E-state index in [4.69, 9.17) is 0 Å². The molecule has 0 amide bonds. The van der Waals surface area contributed by atoms with Gasteiger partial charge in [0.25, 0.3) is 0 Å². The zero-order valence-electron chi connectivity index (χ0n) is 12.1. The van der Waals surface area contributed by atoms with E-state index in [0.29, 0.717) is 5.39 Å². The highest BCUT2D eigenvalue weighted by Gasteiger charge is 2.30. The summed E-state index contributed by atoms with van der Waals surface area (Å²) in [5.74, 6) is 0. The van der Waals surface area contributed by atoms with Crippen molar-refractivity contribution in [3.8, 4) is 0 Å². The van der Waals surface area contributed by atoms with E-state index in [-0.39, 0.29) is 5.39 Å². The van der Waals surface area contributed by atoms with Gasteiger partial charge in [0.05, 0.1) is 9.79 Å². The standard InChI is InChI=1S/C13H14O6S3/c1-20(14,15)11-8-9-6-4-5-7-10(9)12(21(2,16)17)13(11)22(3,18)19/h4-8H,1-3H3. The second-order valence-corrected chi connectivity index (χ2v) is 11.0. The third kappa shape index (κ3) is 3.01. The van der Waals surface area contributed by atoms with Crippen LogP contribution >= 0.6 is 0 Å². The molecule has 0 aliphatic rings. The normalized spacial score (nSPS) is 13.4. The van der Waals surface area contributed by atoms with Crippen molar-refractivity contribution in [1.29, 1.82) is 0 Å². The first-order valence-electron chi connectivity index (χ1n) is 5.99. The number of benzene rings is 2. The summed E-state index contributed by atoms with van der Waals surface area (Å²) in [6.45, 7) is 0. The predicted molar refractivity (Wildman–Crippen MR) is 83.3 cm³/mol. The summed E-state index contributed by atoms with van der Waals surface area (Å²) in [5, 5.41) is 0.522. The molecule has 0 N–H and O–H groups in total. The van der Waals surface area contributed by atoms with Gasteiger partial charge in [0.15, 0.2) is 29.5 Å². The lowest BCUT2D eigenvalue weighted by Gasteiger charge is -2.14. The summed E-state index contributed by atoms with van der Waals surface area (Å²) in [6, 6.07) is 7.34. The minimum Gasteiger partial charge on any atom is -0.224 e. The Morgan fingerprint density at radius 3 is 1.64 bits per heavy atom. The Hall–Kier alpha value is -1.45. The first-order valence-corrected chi connectivity index (χ1v) is 11.7. The van der Waals surface area contributed by atoms with Gasteiger partial charge in [-0.05, 0) is 11.5 Å². The van der Waals surface area contributed by atoms with E-state index in [1.54, 1.807) is 12.1 Å². The highest BCUT2D eigenvalue weighted by molar-refractivity contribution is 7.95. The van der Waals surface area contributed by atoms with Crippen LogP contribution in [0.3, 0.4) is 0 Å². The van der Waals surface area contributed by atoms with E-state index in [1.807, 2.05) is 0 Å². The fraction of sp³-hybridized carbons (Fsp3) is 0.231. The molecule has 9 heteroatoms. The predicted octanol–water partition coefficient (Wildman–Crippen LogP) is 1.05. The highest BCUT2D eigenvalue weighted by atomic mass is 32.2. The Labute approximate surface area is 129 Å². The molecule has 0 aliphatic carbocycles. The molecule has 0 spiro atoms. The van der Waals surface area contributed by atoms with E-state index in [0.717, 1.165) is 18.8 Å². The lowest BCUT2D eigenvalue weighted by molar-refractivity contribution is 0.581. The topological polar surface area (TPSA) is 102 Å². The quantitative estimate of drug-likeness (QED) is 0.809. The second kappa shape index (κ2) is 5.04. The molecule has 0 heterocycles. The van der Waals surface area contributed by atoms with E-state index < -0.39 is 44.2 Å². The zero-order chi connectivity index (χ0) is 16.9. The van der Waals surface area contributed by atoms with Crippen LogP contribution < -0.4 is 0 Å². The molecule has 0 atom stereocenters. The maximum Gasteiger partial charge on any atom is 0.178 e. The van der Waals surface area contributed by atoms with Crippen molar-refractivity contribution in [2.45, 2.75) is 14.7 Å². The van der Waals surface area contributed by atoms with E-state index in [1.165, 1.54) is 18.2 Å². The minimum absolute atomic E-state index is 0.179. The van der Waals surface area contributed by atoms with Crippen LogP contribution in [0.2, 0.25) is 0 Å². The largest absolute Gasteiger partial charge is 0.224 e. The van der Waals surface area contributed by atoms with Gasteiger partial charge in [-0.2, -0.15) is 0 Å². The van der Waals surface area contributed by atoms with Gasteiger partial charge in [0.1, 0.15) is 4.90 Å². The van der Waals surface area contributed by atoms with Crippen molar-refractivity contribution in [3.05, 3.63) is 30.3 Å². The van der Waals surface area contributed by atoms with Gasteiger partial charge in [-0.1, -0.05) is 24.3 Å². The fourth-order valence-electron chi connectivity index (χ4n) is 2.27. The van der Waals surface area contributed by atoms with Gasteiger partial charge >= 0.3 is 0 Å². The molecule has 0 bridgehead atoms. The van der Waals surface area contributed by atoms with Gasteiger partial charge in [-0.15, -0.1) is 0 Å². The second-order valence-electron chi connectivity index (χ2n) is 5.07. The number of hydrogen-bond acceptors (Lipinski definition) is 6. The molecule has 0 aromatic heterocycles. The van der Waals surface area contributed by atoms with Crippen molar-refractivity contribution in [1.82, 2.24) is 0 Å². The smallest absolute Gasteiger partial charge is 0.178 e. The number of hydrogen-bond donors (Lipinski definition) is 0. The first kappa shape index (κ1) is 16.9. The van der Waals surface area contributed by atoms with Crippen molar-refractivity contribution in [2.24, 2.45) is 0 Å². The number of sulfone groups is 3. The molecule has 2 aromatic rings. The van der Waals surface area contributed by atoms with E-state index >= 15 is 0 Å². The summed E-state index contributed by atoms with van der Waals surface area (Å²) in [5.41, 5.74) is 0. The lowest BCUT2D eigenvalue weighted by atomic mass is 10.1. The average Bonchev–Trinajstić information content (AvgIpc) is 2.33. The Morgan fingerprint density at radius 2 is 1.18 bits per heavy atom. The summed E-state index contributed by atoms with van der Waals surface area (Å²) in [6.07, 6.45) is 2.49. The highest BCUT2D eigenvalue weighted by Crippen LogP contribution is 2.35. The summed E-state index contributed by atoms with van der Waals surface area (Å²) < 4.78 is 72.4. The van der Waals surface area contributed by atoms with Crippen molar-refractivity contribution in [2.75, 3.05) is 18.8 Å². The minimum atomic E-state index is -4.08. The molecule has 120 valence electrons. The summed E-state index contributed by atoms with van der Waals surface area (Å²) >= 11 is 0. The van der Waals surface area contributed by atoms with Crippen LogP contribution in [0, 0.1) is 0 Å². The molecule has 0 saturated carbocycles. The van der Waals surface area contributed by atoms with Crippen molar-refractivity contribution < 1.29 is 25.3 Å². The average molecular weight is 362 g/mol. The van der Waals surface area contributed by atoms with Gasteiger partial charge in [0.2, 0.25) is 0 Å². The van der Waals surface area contributed by atoms with Crippen molar-refractivity contribution in [3.63, 3.8) is 0 Å². The molecular weight excluding hydrogens is 348 g/mol. The molecule has 0 fully saturated rings. The number of fused-ring (bicyclic) bond motifs is 1. The van der Waals surface area contributed by atoms with Crippen LogP contribution in [0.25, 0.3) is 10.8 Å². The van der Waals surface area contributed by atoms with Crippen molar-refractivity contribution >= 4 is 40.3 Å². The van der Waals surface area contributed by atoms with Gasteiger partial charge in [0, 0.05) is 24.2 Å². The van der Waals surface area contributed by atoms with Crippen LogP contribution in [0.5, 0.6) is 0 Å². The van der Waals surface area contributed by atoms with Crippen LogP contribution in [0.15, 0.2) is 45.0 Å². The SMILES string of the molecule is CS(=O)(=O)c1cc2ccccc2c(S(C)(=O)=O)c1S(C)(=O)=O. The lowest BCUT2D eigenvalue weighted by Crippen LogP contribution is -2.14. The molecule has 0 saturated heterocycles. The third-order valence-electron chi connectivity index (χ3n) is 3.06. The third-order valence-corrected chi connectivity index (χ3v) is 6.77. The molecule has 2 aromatic carbocycles. The Balaban J connectivity index is 3.32. The van der Waals surface area contributed by atoms with Gasteiger partial charge in [-0.3, -0.25) is 0 Å². The maximum absolute atomic E-state index is 12.1. The Morgan fingerprint density at radius 1 is 0.682 bits per heavy atom. The van der Waals surface area contributed by atoms with Crippen LogP contribution in [0.1, 0.15) is 0 Å². The van der Waals surface area contributed by atoms with E-state index in [9.17, 15) is 25.3 Å². The molecule has 22 heavy (non-hydrogen) atoms. The van der Waals surface area contributed by atoms with Gasteiger partial charge in [-0.25, -0.2) is 25.3 Å². The monoisotopic (exact) mass is 362 g/mol. The van der Waals surface area contributed by atoms with Crippen LogP contribution in [-0.2, 0) is 29.5 Å². The first-order chi connectivity index (χ1) is 9.83. The Kier molecular flexibility index (Phi) is 3.87. The van der Waals surface area contributed by atoms with E-state index in [2.05, 4.69) is 0 Å². The fourth-order valence-corrected chi connectivity index (χ4v) is 6.83. The summed E-state index contributed by atoms with van der Waals surface area (Å²) in [4.78, 5) is -1.65. The molecule has 0 aliphatic heterocycles. The van der Waals surface area contributed by atoms with Gasteiger partial charge < -0.3 is 0 Å².